The van der Waals surface area contributed by atoms with Crippen molar-refractivity contribution >= 4 is 23.7 Å². The second-order valence-corrected chi connectivity index (χ2v) is 8.57. The molecule has 3 heterocycles. The molecule has 0 aromatic carbocycles. The summed E-state index contributed by atoms with van der Waals surface area (Å²) in [4.78, 5) is 45.8. The lowest BCUT2D eigenvalue weighted by Crippen LogP contribution is -2.57. The minimum atomic E-state index is -4.62. The van der Waals surface area contributed by atoms with E-state index in [9.17, 15) is 27.6 Å². The number of likely N-dealkylation sites (tertiary alicyclic amines) is 1. The SMILES string of the molecule is CCN1C(=O)N(c2ccc(C(F)(F)F)nc2)C(=O)C12CCN(C(=O)OC(C)(C)C)CC2. The number of anilines is 1. The number of hydrogen-bond acceptors (Lipinski definition) is 5. The molecule has 1 aromatic heterocycles. The summed E-state index contributed by atoms with van der Waals surface area (Å²) < 4.78 is 43.8. The zero-order valence-corrected chi connectivity index (χ0v) is 17.8. The highest BCUT2D eigenvalue weighted by Gasteiger charge is 2.58. The summed E-state index contributed by atoms with van der Waals surface area (Å²) in [6.45, 7) is 7.65. The van der Waals surface area contributed by atoms with Gasteiger partial charge in [0.15, 0.2) is 0 Å². The molecule has 2 fully saturated rings. The number of aromatic nitrogens is 1. The molecule has 31 heavy (non-hydrogen) atoms. The maximum atomic E-state index is 13.3. The lowest BCUT2D eigenvalue weighted by molar-refractivity contribution is -0.141. The summed E-state index contributed by atoms with van der Waals surface area (Å²) in [5.41, 5.74) is -2.95. The molecule has 8 nitrogen and oxygen atoms in total. The Balaban J connectivity index is 1.82. The Morgan fingerprint density at radius 2 is 1.77 bits per heavy atom. The van der Waals surface area contributed by atoms with Gasteiger partial charge >= 0.3 is 18.3 Å². The number of nitrogens with zero attached hydrogens (tertiary/aromatic N) is 4. The zero-order chi connectivity index (χ0) is 23.2. The average molecular weight is 442 g/mol. The highest BCUT2D eigenvalue weighted by atomic mass is 19.4. The second kappa shape index (κ2) is 7.69. The number of amides is 4. The Labute approximate surface area is 177 Å². The van der Waals surface area contributed by atoms with Crippen LogP contribution < -0.4 is 4.90 Å². The molecule has 2 aliphatic rings. The largest absolute Gasteiger partial charge is 0.444 e. The van der Waals surface area contributed by atoms with Crippen molar-refractivity contribution < 1.29 is 32.3 Å². The number of likely N-dealkylation sites (N-methyl/N-ethyl adjacent to an activating group) is 1. The lowest BCUT2D eigenvalue weighted by Gasteiger charge is -2.41. The molecule has 1 aromatic rings. The first-order valence-electron chi connectivity index (χ1n) is 9.97. The van der Waals surface area contributed by atoms with E-state index in [4.69, 9.17) is 4.74 Å². The van der Waals surface area contributed by atoms with Crippen LogP contribution in [0.3, 0.4) is 0 Å². The van der Waals surface area contributed by atoms with Crippen LogP contribution in [0.15, 0.2) is 18.3 Å². The van der Waals surface area contributed by atoms with Crippen LogP contribution >= 0.6 is 0 Å². The van der Waals surface area contributed by atoms with Crippen LogP contribution in [0.5, 0.6) is 0 Å². The summed E-state index contributed by atoms with van der Waals surface area (Å²) in [7, 11) is 0. The molecular weight excluding hydrogens is 417 g/mol. The van der Waals surface area contributed by atoms with Gasteiger partial charge in [-0.2, -0.15) is 13.2 Å². The number of urea groups is 1. The first-order chi connectivity index (χ1) is 14.3. The fourth-order valence-electron chi connectivity index (χ4n) is 3.94. The van der Waals surface area contributed by atoms with Crippen LogP contribution in [0.2, 0.25) is 0 Å². The molecule has 0 atom stereocenters. The van der Waals surface area contributed by atoms with Gasteiger partial charge in [0.05, 0.1) is 11.9 Å². The highest BCUT2D eigenvalue weighted by Crippen LogP contribution is 2.40. The molecule has 0 unspecified atom stereocenters. The van der Waals surface area contributed by atoms with Crippen molar-refractivity contribution in [1.29, 1.82) is 0 Å². The Morgan fingerprint density at radius 1 is 1.16 bits per heavy atom. The van der Waals surface area contributed by atoms with E-state index in [0.29, 0.717) is 0 Å². The number of hydrogen-bond donors (Lipinski definition) is 0. The van der Waals surface area contributed by atoms with Crippen LogP contribution in [0.25, 0.3) is 0 Å². The monoisotopic (exact) mass is 442 g/mol. The van der Waals surface area contributed by atoms with Gasteiger partial charge in [0.1, 0.15) is 16.8 Å². The molecule has 0 N–H and O–H groups in total. The lowest BCUT2D eigenvalue weighted by atomic mass is 9.86. The van der Waals surface area contributed by atoms with Crippen LogP contribution in [0.4, 0.5) is 28.4 Å². The standard InChI is InChI=1S/C20H25F3N4O4/c1-5-26-16(29)27(13-6-7-14(24-12-13)20(21,22)23)15(28)19(26)8-10-25(11-9-19)17(30)31-18(2,3)4/h6-7,12H,5,8-11H2,1-4H3. The summed E-state index contributed by atoms with van der Waals surface area (Å²) >= 11 is 0. The quantitative estimate of drug-likeness (QED) is 0.653. The molecule has 170 valence electrons. The number of imide groups is 1. The van der Waals surface area contributed by atoms with E-state index < -0.39 is 41.0 Å². The molecule has 3 rings (SSSR count). The summed E-state index contributed by atoms with van der Waals surface area (Å²) in [5, 5.41) is 0. The third kappa shape index (κ3) is 4.17. The van der Waals surface area contributed by atoms with Crippen molar-refractivity contribution in [2.75, 3.05) is 24.5 Å². The van der Waals surface area contributed by atoms with Gasteiger partial charge < -0.3 is 14.5 Å². The van der Waals surface area contributed by atoms with E-state index >= 15 is 0 Å². The van der Waals surface area contributed by atoms with Crippen molar-refractivity contribution in [3.8, 4) is 0 Å². The predicted molar refractivity (Wildman–Crippen MR) is 104 cm³/mol. The number of alkyl halides is 3. The molecule has 0 aliphatic carbocycles. The van der Waals surface area contributed by atoms with Gasteiger partial charge in [-0.25, -0.2) is 19.5 Å². The van der Waals surface area contributed by atoms with Crippen LogP contribution in [0, 0.1) is 0 Å². The number of halogens is 3. The number of piperidine rings is 1. The number of carbonyl (C=O) groups is 3. The average Bonchev–Trinajstić information content (AvgIpc) is 2.86. The Hall–Kier alpha value is -2.85. The van der Waals surface area contributed by atoms with Gasteiger partial charge in [-0.3, -0.25) is 4.79 Å². The zero-order valence-electron chi connectivity index (χ0n) is 17.8. The second-order valence-electron chi connectivity index (χ2n) is 8.57. The van der Waals surface area contributed by atoms with Gasteiger partial charge in [-0.05, 0) is 52.7 Å². The summed E-state index contributed by atoms with van der Waals surface area (Å²) in [6, 6.07) is 1.19. The smallest absolute Gasteiger partial charge is 0.433 e. The third-order valence-corrected chi connectivity index (χ3v) is 5.40. The van der Waals surface area contributed by atoms with Crippen molar-refractivity contribution in [1.82, 2.24) is 14.8 Å². The molecule has 4 amide bonds. The third-order valence-electron chi connectivity index (χ3n) is 5.40. The fraction of sp³-hybridized carbons (Fsp3) is 0.600. The van der Waals surface area contributed by atoms with Gasteiger partial charge in [0.25, 0.3) is 5.91 Å². The van der Waals surface area contributed by atoms with Crippen LogP contribution in [-0.2, 0) is 15.7 Å². The van der Waals surface area contributed by atoms with Crippen molar-refractivity contribution in [3.05, 3.63) is 24.0 Å². The molecule has 1 spiro atoms. The molecular formula is C20H25F3N4O4. The van der Waals surface area contributed by atoms with Crippen molar-refractivity contribution in [3.63, 3.8) is 0 Å². The summed E-state index contributed by atoms with van der Waals surface area (Å²) in [5.74, 6) is -0.523. The maximum Gasteiger partial charge on any atom is 0.433 e. The van der Waals surface area contributed by atoms with E-state index in [0.717, 1.165) is 23.2 Å². The van der Waals surface area contributed by atoms with E-state index in [1.165, 1.54) is 9.80 Å². The molecule has 11 heteroatoms. The molecule has 2 aliphatic heterocycles. The van der Waals surface area contributed by atoms with E-state index in [1.807, 2.05) is 0 Å². The minimum Gasteiger partial charge on any atom is -0.444 e. The van der Waals surface area contributed by atoms with E-state index in [1.54, 1.807) is 27.7 Å². The van der Waals surface area contributed by atoms with Gasteiger partial charge in [0, 0.05) is 19.6 Å². The Bertz CT molecular complexity index is 872. The minimum absolute atomic E-state index is 0.0205. The van der Waals surface area contributed by atoms with Gasteiger partial charge in [-0.15, -0.1) is 0 Å². The molecule has 0 radical (unpaired) electrons. The van der Waals surface area contributed by atoms with Gasteiger partial charge in [-0.1, -0.05) is 0 Å². The van der Waals surface area contributed by atoms with E-state index in [2.05, 4.69) is 4.98 Å². The Kier molecular flexibility index (Phi) is 5.66. The molecule has 0 bridgehead atoms. The normalized spacial score (nSPS) is 19.4. The van der Waals surface area contributed by atoms with E-state index in [-0.39, 0.29) is 38.2 Å². The predicted octanol–water partition coefficient (Wildman–Crippen LogP) is 3.66. The fourth-order valence-corrected chi connectivity index (χ4v) is 3.94. The number of pyridine rings is 1. The van der Waals surface area contributed by atoms with Crippen molar-refractivity contribution in [2.24, 2.45) is 0 Å². The summed E-state index contributed by atoms with van der Waals surface area (Å²) in [6.07, 6.45) is -3.83. The van der Waals surface area contributed by atoms with Crippen LogP contribution in [-0.4, -0.2) is 63.6 Å². The Morgan fingerprint density at radius 3 is 2.23 bits per heavy atom. The van der Waals surface area contributed by atoms with Crippen LogP contribution in [0.1, 0.15) is 46.2 Å². The topological polar surface area (TPSA) is 83.1 Å². The number of rotatable bonds is 2. The first-order valence-corrected chi connectivity index (χ1v) is 9.97. The first kappa shape index (κ1) is 22.8. The molecule has 0 saturated carbocycles. The van der Waals surface area contributed by atoms with Gasteiger partial charge in [0.2, 0.25) is 0 Å². The number of ether oxygens (including phenoxy) is 1. The maximum absolute atomic E-state index is 13.3. The number of carbonyl (C=O) groups excluding carboxylic acids is 3. The highest BCUT2D eigenvalue weighted by molar-refractivity contribution is 6.23. The molecule has 2 saturated heterocycles. The van der Waals surface area contributed by atoms with Crippen molar-refractivity contribution in [2.45, 2.75) is 57.9 Å².